The molecule has 2 aromatic carbocycles. The molecule has 1 aromatic heterocycles. The summed E-state index contributed by atoms with van der Waals surface area (Å²) < 4.78 is 28.5. The van der Waals surface area contributed by atoms with E-state index < -0.39 is 17.5 Å². The third-order valence-corrected chi connectivity index (χ3v) is 5.77. The highest BCUT2D eigenvalue weighted by atomic mass is 32.1. The topological polar surface area (TPSA) is 36.4 Å². The number of aryl methyl sites for hydroxylation is 2. The highest BCUT2D eigenvalue weighted by Crippen LogP contribution is 2.34. The molecule has 4 nitrogen and oxygen atoms in total. The van der Waals surface area contributed by atoms with Crippen LogP contribution in [-0.4, -0.2) is 43.0 Å². The van der Waals surface area contributed by atoms with E-state index in [-0.39, 0.29) is 5.56 Å². The average Bonchev–Trinajstić information content (AvgIpc) is 3.07. The van der Waals surface area contributed by atoms with Crippen molar-refractivity contribution in [2.75, 3.05) is 32.1 Å². The molecule has 0 unspecified atom stereocenters. The first-order chi connectivity index (χ1) is 13.3. The number of nitrogens with zero attached hydrogens (tertiary/aromatic N) is 3. The van der Waals surface area contributed by atoms with E-state index in [9.17, 15) is 13.6 Å². The predicted octanol–water partition coefficient (Wildman–Crippen LogP) is 4.79. The van der Waals surface area contributed by atoms with Crippen molar-refractivity contribution in [3.8, 4) is 0 Å². The molecule has 3 aromatic rings. The van der Waals surface area contributed by atoms with Crippen LogP contribution in [0.3, 0.4) is 0 Å². The van der Waals surface area contributed by atoms with Crippen LogP contribution in [0.1, 0.15) is 27.9 Å². The van der Waals surface area contributed by atoms with Gasteiger partial charge in [-0.2, -0.15) is 0 Å². The second kappa shape index (κ2) is 8.32. The number of benzene rings is 2. The molecule has 3 rings (SSSR count). The second-order valence-corrected chi connectivity index (χ2v) is 8.09. The molecule has 0 atom stereocenters. The Hall–Kier alpha value is -2.38. The highest BCUT2D eigenvalue weighted by molar-refractivity contribution is 7.22. The summed E-state index contributed by atoms with van der Waals surface area (Å²) in [6, 6.07) is 7.05. The highest BCUT2D eigenvalue weighted by Gasteiger charge is 2.24. The van der Waals surface area contributed by atoms with Gasteiger partial charge in [-0.1, -0.05) is 23.5 Å². The molecule has 0 fully saturated rings. The number of rotatable bonds is 6. The Bertz CT molecular complexity index is 977. The molecule has 0 aliphatic rings. The number of fused-ring (bicyclic) bond motifs is 1. The Morgan fingerprint density at radius 3 is 2.43 bits per heavy atom. The number of anilines is 1. The van der Waals surface area contributed by atoms with Gasteiger partial charge in [-0.15, -0.1) is 0 Å². The van der Waals surface area contributed by atoms with Crippen LogP contribution < -0.4 is 4.90 Å². The van der Waals surface area contributed by atoms with Crippen LogP contribution in [0.4, 0.5) is 13.9 Å². The van der Waals surface area contributed by atoms with Crippen LogP contribution >= 0.6 is 11.3 Å². The van der Waals surface area contributed by atoms with Gasteiger partial charge in [-0.25, -0.2) is 13.8 Å². The third kappa shape index (κ3) is 4.20. The number of carbonyl (C=O) groups excluding carboxylic acids is 1. The van der Waals surface area contributed by atoms with Gasteiger partial charge in [-0.3, -0.25) is 9.69 Å². The zero-order valence-corrected chi connectivity index (χ0v) is 17.2. The van der Waals surface area contributed by atoms with Crippen LogP contribution in [-0.2, 0) is 0 Å². The fourth-order valence-electron chi connectivity index (χ4n) is 3.00. The van der Waals surface area contributed by atoms with Crippen molar-refractivity contribution in [1.82, 2.24) is 9.88 Å². The number of hydrogen-bond donors (Lipinski definition) is 0. The van der Waals surface area contributed by atoms with Gasteiger partial charge >= 0.3 is 0 Å². The molecule has 0 spiro atoms. The van der Waals surface area contributed by atoms with Gasteiger partial charge in [-0.05, 0) is 64.2 Å². The molecule has 0 aliphatic carbocycles. The molecule has 7 heteroatoms. The molecule has 1 amide bonds. The minimum absolute atomic E-state index is 0.154. The van der Waals surface area contributed by atoms with Gasteiger partial charge < -0.3 is 4.90 Å². The number of amides is 1. The van der Waals surface area contributed by atoms with Gasteiger partial charge in [0.15, 0.2) is 5.13 Å². The molecule has 0 N–H and O–H groups in total. The SMILES string of the molecule is Cc1ccc(C)c2sc(N(CCCN(C)C)C(=O)c3ccc(F)cc3F)nc12. The molecule has 0 saturated heterocycles. The molecule has 148 valence electrons. The standard InChI is InChI=1S/C21H23F2N3OS/c1-13-6-7-14(2)19-18(13)24-21(28-19)26(11-5-10-25(3)4)20(27)16-9-8-15(22)12-17(16)23/h6-9,12H,5,10-11H2,1-4H3. The predicted molar refractivity (Wildman–Crippen MR) is 110 cm³/mol. The molecular weight excluding hydrogens is 380 g/mol. The summed E-state index contributed by atoms with van der Waals surface area (Å²) in [6.45, 7) is 5.15. The first-order valence-corrected chi connectivity index (χ1v) is 9.88. The molecule has 0 bridgehead atoms. The van der Waals surface area contributed by atoms with E-state index in [4.69, 9.17) is 0 Å². The zero-order chi connectivity index (χ0) is 20.4. The van der Waals surface area contributed by atoms with Crippen molar-refractivity contribution in [3.63, 3.8) is 0 Å². The fourth-order valence-corrected chi connectivity index (χ4v) is 4.14. The largest absolute Gasteiger partial charge is 0.309 e. The monoisotopic (exact) mass is 403 g/mol. The lowest BCUT2D eigenvalue weighted by atomic mass is 10.1. The van der Waals surface area contributed by atoms with Crippen molar-refractivity contribution in [3.05, 3.63) is 58.7 Å². The fraction of sp³-hybridized carbons (Fsp3) is 0.333. The molecule has 0 radical (unpaired) electrons. The Balaban J connectivity index is 2.02. The number of hydrogen-bond acceptors (Lipinski definition) is 4. The average molecular weight is 403 g/mol. The van der Waals surface area contributed by atoms with E-state index >= 15 is 0 Å². The molecule has 0 saturated carbocycles. The number of thiazole rings is 1. The van der Waals surface area contributed by atoms with Crippen LogP contribution in [0.25, 0.3) is 10.2 Å². The number of carbonyl (C=O) groups is 1. The minimum Gasteiger partial charge on any atom is -0.309 e. The first-order valence-electron chi connectivity index (χ1n) is 9.06. The zero-order valence-electron chi connectivity index (χ0n) is 16.4. The van der Waals surface area contributed by atoms with Gasteiger partial charge in [0.05, 0.1) is 15.8 Å². The van der Waals surface area contributed by atoms with Gasteiger partial charge in [0, 0.05) is 12.6 Å². The number of aromatic nitrogens is 1. The smallest absolute Gasteiger partial charge is 0.263 e. The van der Waals surface area contributed by atoms with Crippen LogP contribution in [0, 0.1) is 25.5 Å². The molecule has 0 aliphatic heterocycles. The maximum Gasteiger partial charge on any atom is 0.263 e. The molecule has 28 heavy (non-hydrogen) atoms. The number of halogens is 2. The van der Waals surface area contributed by atoms with Crippen molar-refractivity contribution >= 4 is 32.6 Å². The van der Waals surface area contributed by atoms with Crippen LogP contribution in [0.2, 0.25) is 0 Å². The Labute approximate surface area is 167 Å². The normalized spacial score (nSPS) is 11.4. The van der Waals surface area contributed by atoms with E-state index in [1.807, 2.05) is 45.0 Å². The summed E-state index contributed by atoms with van der Waals surface area (Å²) in [7, 11) is 3.91. The molecule has 1 heterocycles. The van der Waals surface area contributed by atoms with Gasteiger partial charge in [0.2, 0.25) is 0 Å². The lowest BCUT2D eigenvalue weighted by Crippen LogP contribution is -2.34. The summed E-state index contributed by atoms with van der Waals surface area (Å²) in [5.74, 6) is -2.08. The molecular formula is C21H23F2N3OS. The second-order valence-electron chi connectivity index (χ2n) is 7.11. The summed E-state index contributed by atoms with van der Waals surface area (Å²) in [5.41, 5.74) is 2.80. The van der Waals surface area contributed by atoms with E-state index in [1.165, 1.54) is 22.3 Å². The summed E-state index contributed by atoms with van der Waals surface area (Å²) in [5, 5.41) is 0.528. The van der Waals surface area contributed by atoms with Crippen molar-refractivity contribution < 1.29 is 13.6 Å². The maximum atomic E-state index is 14.2. The Morgan fingerprint density at radius 2 is 1.79 bits per heavy atom. The Morgan fingerprint density at radius 1 is 1.07 bits per heavy atom. The lowest BCUT2D eigenvalue weighted by molar-refractivity contribution is 0.0982. The first kappa shape index (κ1) is 20.4. The summed E-state index contributed by atoms with van der Waals surface area (Å²) in [4.78, 5) is 21.3. The van der Waals surface area contributed by atoms with E-state index in [0.29, 0.717) is 18.1 Å². The minimum atomic E-state index is -0.865. The quantitative estimate of drug-likeness (QED) is 0.594. The lowest BCUT2D eigenvalue weighted by Gasteiger charge is -2.21. The van der Waals surface area contributed by atoms with E-state index in [1.54, 1.807) is 0 Å². The third-order valence-electron chi connectivity index (χ3n) is 4.56. The van der Waals surface area contributed by atoms with Crippen molar-refractivity contribution in [2.24, 2.45) is 0 Å². The van der Waals surface area contributed by atoms with Crippen LogP contribution in [0.15, 0.2) is 30.3 Å². The summed E-state index contributed by atoms with van der Waals surface area (Å²) in [6.07, 6.45) is 0.704. The van der Waals surface area contributed by atoms with Crippen LogP contribution in [0.5, 0.6) is 0 Å². The van der Waals surface area contributed by atoms with Gasteiger partial charge in [0.25, 0.3) is 5.91 Å². The maximum absolute atomic E-state index is 14.2. The summed E-state index contributed by atoms with van der Waals surface area (Å²) >= 11 is 1.42. The van der Waals surface area contributed by atoms with E-state index in [2.05, 4.69) is 4.98 Å². The van der Waals surface area contributed by atoms with Crippen molar-refractivity contribution in [2.45, 2.75) is 20.3 Å². The Kier molecular flexibility index (Phi) is 6.05. The van der Waals surface area contributed by atoms with Gasteiger partial charge in [0.1, 0.15) is 11.6 Å². The van der Waals surface area contributed by atoms with Crippen molar-refractivity contribution in [1.29, 1.82) is 0 Å². The van der Waals surface area contributed by atoms with E-state index in [0.717, 1.165) is 40.0 Å².